The minimum atomic E-state index is -1.17. The Balaban J connectivity index is 1.88. The Morgan fingerprint density at radius 3 is 2.67 bits per heavy atom. The average Bonchev–Trinajstić information content (AvgIpc) is 3.23. The molecule has 0 unspecified atom stereocenters. The van der Waals surface area contributed by atoms with Gasteiger partial charge in [0.15, 0.2) is 0 Å². The van der Waals surface area contributed by atoms with Gasteiger partial charge in [-0.1, -0.05) is 12.1 Å². The standard InChI is InChI=1S/C18H20ClNO4/c1-18(22,12-5-7-13(23-2)8-6-12)15-4-3-10-20(15)17(21)14-9-11-24-16(14)19/h5-9,11,15,22H,3-4,10H2,1-2H3/t15-,18+/m0/s1. The first-order valence-electron chi connectivity index (χ1n) is 7.86. The SMILES string of the molecule is COc1ccc([C@@](C)(O)[C@@H]2CCCN2C(=O)c2ccoc2Cl)cc1. The molecule has 1 aromatic heterocycles. The van der Waals surface area contributed by atoms with Crippen molar-refractivity contribution in [1.82, 2.24) is 4.90 Å². The van der Waals surface area contributed by atoms with E-state index in [9.17, 15) is 9.90 Å². The zero-order chi connectivity index (χ0) is 17.3. The highest BCUT2D eigenvalue weighted by molar-refractivity contribution is 6.32. The van der Waals surface area contributed by atoms with Gasteiger partial charge in [-0.25, -0.2) is 0 Å². The fourth-order valence-corrected chi connectivity index (χ4v) is 3.51. The molecular formula is C18H20ClNO4. The molecule has 24 heavy (non-hydrogen) atoms. The summed E-state index contributed by atoms with van der Waals surface area (Å²) < 4.78 is 10.2. The molecule has 0 radical (unpaired) electrons. The third-order valence-electron chi connectivity index (χ3n) is 4.69. The molecule has 2 atom stereocenters. The summed E-state index contributed by atoms with van der Waals surface area (Å²) in [6.07, 6.45) is 2.95. The fraction of sp³-hybridized carbons (Fsp3) is 0.389. The van der Waals surface area contributed by atoms with Crippen molar-refractivity contribution in [1.29, 1.82) is 0 Å². The molecule has 1 N–H and O–H groups in total. The summed E-state index contributed by atoms with van der Waals surface area (Å²) in [4.78, 5) is 14.4. The number of halogens is 1. The van der Waals surface area contributed by atoms with Crippen LogP contribution < -0.4 is 4.74 Å². The van der Waals surface area contributed by atoms with Crippen molar-refractivity contribution in [3.05, 3.63) is 52.9 Å². The zero-order valence-corrected chi connectivity index (χ0v) is 14.4. The molecule has 0 bridgehead atoms. The van der Waals surface area contributed by atoms with E-state index in [2.05, 4.69) is 0 Å². The Kier molecular flexibility index (Phi) is 4.56. The van der Waals surface area contributed by atoms with Gasteiger partial charge in [0.25, 0.3) is 5.91 Å². The second kappa shape index (κ2) is 6.49. The van der Waals surface area contributed by atoms with Gasteiger partial charge in [0.05, 0.1) is 25.0 Å². The van der Waals surface area contributed by atoms with Gasteiger partial charge >= 0.3 is 0 Å². The highest BCUT2D eigenvalue weighted by Crippen LogP contribution is 2.36. The maximum Gasteiger partial charge on any atom is 0.259 e. The van der Waals surface area contributed by atoms with E-state index in [0.717, 1.165) is 24.2 Å². The van der Waals surface area contributed by atoms with Crippen LogP contribution in [-0.2, 0) is 5.60 Å². The Hall–Kier alpha value is -1.98. The maximum absolute atomic E-state index is 12.8. The average molecular weight is 350 g/mol. The van der Waals surface area contributed by atoms with E-state index in [4.69, 9.17) is 20.8 Å². The fourth-order valence-electron chi connectivity index (χ4n) is 3.32. The minimum absolute atomic E-state index is 0.0785. The van der Waals surface area contributed by atoms with Crippen molar-refractivity contribution in [2.24, 2.45) is 0 Å². The molecule has 0 aliphatic carbocycles. The van der Waals surface area contributed by atoms with Crippen LogP contribution in [0, 0.1) is 0 Å². The first-order valence-corrected chi connectivity index (χ1v) is 8.24. The van der Waals surface area contributed by atoms with Crippen molar-refractivity contribution >= 4 is 17.5 Å². The number of furan rings is 1. The number of aliphatic hydroxyl groups is 1. The highest BCUT2D eigenvalue weighted by Gasteiger charge is 2.43. The molecule has 1 aliphatic rings. The van der Waals surface area contributed by atoms with Crippen molar-refractivity contribution in [2.75, 3.05) is 13.7 Å². The topological polar surface area (TPSA) is 62.9 Å². The predicted octanol–water partition coefficient (Wildman–Crippen LogP) is 3.45. The number of rotatable bonds is 4. The van der Waals surface area contributed by atoms with Gasteiger partial charge < -0.3 is 19.2 Å². The van der Waals surface area contributed by atoms with Crippen LogP contribution in [0.4, 0.5) is 0 Å². The molecule has 1 aliphatic heterocycles. The Morgan fingerprint density at radius 1 is 1.38 bits per heavy atom. The molecule has 0 spiro atoms. The molecule has 2 aromatic rings. The number of methoxy groups -OCH3 is 1. The highest BCUT2D eigenvalue weighted by atomic mass is 35.5. The summed E-state index contributed by atoms with van der Waals surface area (Å²) in [5.41, 5.74) is -0.102. The molecule has 1 fully saturated rings. The van der Waals surface area contributed by atoms with Crippen molar-refractivity contribution in [2.45, 2.75) is 31.4 Å². The minimum Gasteiger partial charge on any atom is -0.497 e. The zero-order valence-electron chi connectivity index (χ0n) is 13.7. The molecule has 128 valence electrons. The third-order valence-corrected chi connectivity index (χ3v) is 4.98. The summed E-state index contributed by atoms with van der Waals surface area (Å²) in [6.45, 7) is 2.32. The van der Waals surface area contributed by atoms with Gasteiger partial charge in [0, 0.05) is 6.54 Å². The van der Waals surface area contributed by atoms with Gasteiger partial charge in [-0.3, -0.25) is 4.79 Å². The summed E-state index contributed by atoms with van der Waals surface area (Å²) >= 11 is 5.93. The van der Waals surface area contributed by atoms with Gasteiger partial charge in [-0.05, 0) is 55.1 Å². The predicted molar refractivity (Wildman–Crippen MR) is 90.3 cm³/mol. The van der Waals surface area contributed by atoms with Crippen LogP contribution in [0.25, 0.3) is 0 Å². The number of benzene rings is 1. The second-order valence-corrected chi connectivity index (χ2v) is 6.48. The van der Waals surface area contributed by atoms with Crippen LogP contribution in [0.3, 0.4) is 0 Å². The number of amides is 1. The van der Waals surface area contributed by atoms with E-state index in [1.165, 1.54) is 6.26 Å². The molecule has 0 saturated carbocycles. The largest absolute Gasteiger partial charge is 0.497 e. The van der Waals surface area contributed by atoms with E-state index in [1.54, 1.807) is 37.1 Å². The van der Waals surface area contributed by atoms with Crippen LogP contribution in [0.15, 0.2) is 41.0 Å². The van der Waals surface area contributed by atoms with Crippen molar-refractivity contribution in [3.8, 4) is 5.75 Å². The number of hydrogen-bond acceptors (Lipinski definition) is 4. The second-order valence-electron chi connectivity index (χ2n) is 6.14. The Bertz CT molecular complexity index is 723. The number of likely N-dealkylation sites (tertiary alicyclic amines) is 1. The lowest BCUT2D eigenvalue weighted by Crippen LogP contribution is -2.48. The number of carbonyl (C=O) groups is 1. The van der Waals surface area contributed by atoms with Crippen LogP contribution >= 0.6 is 11.6 Å². The molecule has 5 nitrogen and oxygen atoms in total. The lowest BCUT2D eigenvalue weighted by molar-refractivity contribution is -0.0177. The normalized spacial score (nSPS) is 20.0. The molecule has 1 amide bonds. The number of ether oxygens (including phenoxy) is 1. The molecule has 6 heteroatoms. The summed E-state index contributed by atoms with van der Waals surface area (Å²) in [6, 6.07) is 8.48. The third kappa shape index (κ3) is 2.89. The number of nitrogens with zero attached hydrogens (tertiary/aromatic N) is 1. The first kappa shape index (κ1) is 16.9. The molecule has 1 saturated heterocycles. The monoisotopic (exact) mass is 349 g/mol. The lowest BCUT2D eigenvalue weighted by Gasteiger charge is -2.37. The molecule has 1 aromatic carbocycles. The van der Waals surface area contributed by atoms with E-state index < -0.39 is 5.60 Å². The van der Waals surface area contributed by atoms with Crippen LogP contribution in [0.1, 0.15) is 35.7 Å². The summed E-state index contributed by atoms with van der Waals surface area (Å²) in [7, 11) is 1.60. The lowest BCUT2D eigenvalue weighted by atomic mass is 9.86. The first-order chi connectivity index (χ1) is 11.4. The van der Waals surface area contributed by atoms with E-state index in [1.807, 2.05) is 12.1 Å². The van der Waals surface area contributed by atoms with E-state index in [0.29, 0.717) is 12.1 Å². The Labute approximate surface area is 145 Å². The van der Waals surface area contributed by atoms with Gasteiger partial charge in [0.2, 0.25) is 5.22 Å². The van der Waals surface area contributed by atoms with Crippen LogP contribution in [0.5, 0.6) is 5.75 Å². The molecular weight excluding hydrogens is 330 g/mol. The van der Waals surface area contributed by atoms with E-state index >= 15 is 0 Å². The van der Waals surface area contributed by atoms with Crippen molar-refractivity contribution < 1.29 is 19.1 Å². The van der Waals surface area contributed by atoms with Crippen molar-refractivity contribution in [3.63, 3.8) is 0 Å². The van der Waals surface area contributed by atoms with Gasteiger partial charge in [-0.15, -0.1) is 0 Å². The van der Waals surface area contributed by atoms with Gasteiger partial charge in [0.1, 0.15) is 11.4 Å². The number of hydrogen-bond donors (Lipinski definition) is 1. The Morgan fingerprint density at radius 2 is 2.08 bits per heavy atom. The van der Waals surface area contributed by atoms with Crippen LogP contribution in [0.2, 0.25) is 5.22 Å². The summed E-state index contributed by atoms with van der Waals surface area (Å²) in [5.74, 6) is 0.504. The van der Waals surface area contributed by atoms with Crippen LogP contribution in [-0.4, -0.2) is 35.6 Å². The number of carbonyl (C=O) groups excluding carboxylic acids is 1. The molecule has 2 heterocycles. The maximum atomic E-state index is 12.8. The van der Waals surface area contributed by atoms with Gasteiger partial charge in [-0.2, -0.15) is 0 Å². The van der Waals surface area contributed by atoms with E-state index in [-0.39, 0.29) is 17.2 Å². The molecule has 3 rings (SSSR count). The summed E-state index contributed by atoms with van der Waals surface area (Å²) in [5, 5.41) is 11.2. The quantitative estimate of drug-likeness (QED) is 0.918. The smallest absolute Gasteiger partial charge is 0.259 e.